The second-order valence-electron chi connectivity index (χ2n) is 5.42. The number of carboxylic acids is 2. The summed E-state index contributed by atoms with van der Waals surface area (Å²) in [5.41, 5.74) is 0.563. The summed E-state index contributed by atoms with van der Waals surface area (Å²) in [4.78, 5) is 45.3. The van der Waals surface area contributed by atoms with Gasteiger partial charge in [0, 0.05) is 19.8 Å². The summed E-state index contributed by atoms with van der Waals surface area (Å²) in [6.07, 6.45) is -0.698. The number of rotatable bonds is 9. The minimum atomic E-state index is -1.40. The summed E-state index contributed by atoms with van der Waals surface area (Å²) in [6, 6.07) is 2.81. The molecule has 0 bridgehead atoms. The predicted octanol–water partition coefficient (Wildman–Crippen LogP) is 0.307. The van der Waals surface area contributed by atoms with Crippen LogP contribution in [0.25, 0.3) is 0 Å². The van der Waals surface area contributed by atoms with Gasteiger partial charge in [-0.05, 0) is 24.1 Å². The molecule has 9 heteroatoms. The monoisotopic (exact) mass is 354 g/mol. The van der Waals surface area contributed by atoms with Crippen LogP contribution in [0.15, 0.2) is 24.3 Å². The molecule has 8 nitrogen and oxygen atoms in total. The second-order valence-corrected chi connectivity index (χ2v) is 5.42. The van der Waals surface area contributed by atoms with E-state index in [1.807, 2.05) is 0 Å². The predicted molar refractivity (Wildman–Crippen MR) is 84.1 cm³/mol. The van der Waals surface area contributed by atoms with Crippen molar-refractivity contribution in [3.8, 4) is 0 Å². The third kappa shape index (κ3) is 7.42. The van der Waals surface area contributed by atoms with E-state index in [0.29, 0.717) is 5.56 Å². The molecule has 0 saturated carbocycles. The summed E-state index contributed by atoms with van der Waals surface area (Å²) in [5, 5.41) is 22.3. The van der Waals surface area contributed by atoms with Crippen LogP contribution in [0.5, 0.6) is 0 Å². The summed E-state index contributed by atoms with van der Waals surface area (Å²) in [7, 11) is 0. The van der Waals surface area contributed by atoms with E-state index < -0.39 is 48.1 Å². The van der Waals surface area contributed by atoms with E-state index in [1.165, 1.54) is 31.2 Å². The smallest absolute Gasteiger partial charge is 0.326 e. The Balaban J connectivity index is 2.83. The molecule has 0 heterocycles. The number of nitrogens with one attached hydrogen (secondary N) is 2. The number of halogens is 1. The molecular weight excluding hydrogens is 335 g/mol. The lowest BCUT2D eigenvalue weighted by Crippen LogP contribution is -2.52. The highest BCUT2D eigenvalue weighted by Crippen LogP contribution is 2.07. The minimum Gasteiger partial charge on any atom is -0.481 e. The molecule has 0 spiro atoms. The molecule has 1 rings (SSSR count). The zero-order valence-electron chi connectivity index (χ0n) is 13.5. The number of carbonyl (C=O) groups excluding carboxylic acids is 2. The largest absolute Gasteiger partial charge is 0.481 e. The van der Waals surface area contributed by atoms with E-state index >= 15 is 0 Å². The van der Waals surface area contributed by atoms with Crippen LogP contribution in [0.4, 0.5) is 4.39 Å². The molecule has 0 aliphatic carbocycles. The van der Waals surface area contributed by atoms with Gasteiger partial charge in [0.05, 0.1) is 0 Å². The molecule has 25 heavy (non-hydrogen) atoms. The molecule has 4 N–H and O–H groups in total. The topological polar surface area (TPSA) is 133 Å². The van der Waals surface area contributed by atoms with Crippen LogP contribution in [0, 0.1) is 5.82 Å². The Bertz CT molecular complexity index is 647. The molecular formula is C16H19FN2O6. The molecule has 0 unspecified atom stereocenters. The molecule has 2 amide bonds. The SMILES string of the molecule is CC(=O)N[C@H](Cc1ccc(F)cc1)C(=O)N[C@@H](CCC(=O)O)C(=O)O. The third-order valence-electron chi connectivity index (χ3n) is 3.31. The number of carboxylic acid groups (broad SMARTS) is 2. The van der Waals surface area contributed by atoms with Crippen LogP contribution >= 0.6 is 0 Å². The highest BCUT2D eigenvalue weighted by Gasteiger charge is 2.26. The summed E-state index contributed by atoms with van der Waals surface area (Å²) in [5.74, 6) is -4.29. The molecule has 0 aliphatic rings. The fourth-order valence-corrected chi connectivity index (χ4v) is 2.11. The van der Waals surface area contributed by atoms with Gasteiger partial charge in [-0.2, -0.15) is 0 Å². The van der Waals surface area contributed by atoms with Crippen molar-refractivity contribution in [1.29, 1.82) is 0 Å². The van der Waals surface area contributed by atoms with Gasteiger partial charge in [0.15, 0.2) is 0 Å². The van der Waals surface area contributed by atoms with Gasteiger partial charge < -0.3 is 20.8 Å². The van der Waals surface area contributed by atoms with Crippen LogP contribution < -0.4 is 10.6 Å². The van der Waals surface area contributed by atoms with Crippen molar-refractivity contribution in [1.82, 2.24) is 10.6 Å². The first-order chi connectivity index (χ1) is 11.7. The second kappa shape index (κ2) is 9.36. The molecule has 1 aromatic carbocycles. The van der Waals surface area contributed by atoms with Crippen molar-refractivity contribution in [2.24, 2.45) is 0 Å². The number of amides is 2. The number of aliphatic carboxylic acids is 2. The Kier molecular flexibility index (Phi) is 7.51. The van der Waals surface area contributed by atoms with E-state index in [4.69, 9.17) is 10.2 Å². The van der Waals surface area contributed by atoms with Gasteiger partial charge in [-0.15, -0.1) is 0 Å². The Morgan fingerprint density at radius 1 is 1.04 bits per heavy atom. The Morgan fingerprint density at radius 2 is 1.64 bits per heavy atom. The van der Waals surface area contributed by atoms with E-state index in [-0.39, 0.29) is 12.8 Å². The Labute approximate surface area is 143 Å². The molecule has 0 aromatic heterocycles. The normalized spacial score (nSPS) is 12.7. The molecule has 2 atom stereocenters. The molecule has 1 aromatic rings. The zero-order valence-corrected chi connectivity index (χ0v) is 13.5. The Morgan fingerprint density at radius 3 is 2.12 bits per heavy atom. The van der Waals surface area contributed by atoms with Crippen LogP contribution in [0.1, 0.15) is 25.3 Å². The molecule has 136 valence electrons. The first-order valence-corrected chi connectivity index (χ1v) is 7.45. The molecule has 0 radical (unpaired) electrons. The van der Waals surface area contributed by atoms with Gasteiger partial charge >= 0.3 is 11.9 Å². The maximum atomic E-state index is 12.9. The number of hydrogen-bond acceptors (Lipinski definition) is 4. The fraction of sp³-hybridized carbons (Fsp3) is 0.375. The number of carbonyl (C=O) groups is 4. The first-order valence-electron chi connectivity index (χ1n) is 7.45. The van der Waals surface area contributed by atoms with Crippen LogP contribution in [-0.4, -0.2) is 46.0 Å². The van der Waals surface area contributed by atoms with Gasteiger partial charge in [-0.3, -0.25) is 14.4 Å². The minimum absolute atomic E-state index is 0.0248. The summed E-state index contributed by atoms with van der Waals surface area (Å²) >= 11 is 0. The maximum absolute atomic E-state index is 12.9. The number of benzene rings is 1. The van der Waals surface area contributed by atoms with Crippen molar-refractivity contribution < 1.29 is 33.8 Å². The van der Waals surface area contributed by atoms with Gasteiger partial charge in [0.1, 0.15) is 17.9 Å². The van der Waals surface area contributed by atoms with E-state index in [1.54, 1.807) is 0 Å². The lowest BCUT2D eigenvalue weighted by Gasteiger charge is -2.21. The highest BCUT2D eigenvalue weighted by atomic mass is 19.1. The van der Waals surface area contributed by atoms with Crippen molar-refractivity contribution in [3.05, 3.63) is 35.6 Å². The van der Waals surface area contributed by atoms with Crippen LogP contribution in [0.2, 0.25) is 0 Å². The van der Waals surface area contributed by atoms with E-state index in [0.717, 1.165) is 0 Å². The lowest BCUT2D eigenvalue weighted by atomic mass is 10.0. The van der Waals surface area contributed by atoms with Gasteiger partial charge in [0.25, 0.3) is 0 Å². The Hall–Kier alpha value is -2.97. The molecule has 0 fully saturated rings. The van der Waals surface area contributed by atoms with E-state index in [9.17, 15) is 23.6 Å². The van der Waals surface area contributed by atoms with E-state index in [2.05, 4.69) is 10.6 Å². The quantitative estimate of drug-likeness (QED) is 0.504. The average molecular weight is 354 g/mol. The standard InChI is InChI=1S/C16H19FN2O6/c1-9(20)18-13(8-10-2-4-11(17)5-3-10)15(23)19-12(16(24)25)6-7-14(21)22/h2-5,12-13H,6-8H2,1H3,(H,18,20)(H,19,23)(H,21,22)(H,24,25)/t12-,13+/m0/s1. The van der Waals surface area contributed by atoms with Crippen LogP contribution in [-0.2, 0) is 25.6 Å². The summed E-state index contributed by atoms with van der Waals surface area (Å²) < 4.78 is 12.9. The van der Waals surface area contributed by atoms with Gasteiger partial charge in [-0.1, -0.05) is 12.1 Å². The zero-order chi connectivity index (χ0) is 19.0. The van der Waals surface area contributed by atoms with Gasteiger partial charge in [-0.25, -0.2) is 9.18 Å². The van der Waals surface area contributed by atoms with Crippen molar-refractivity contribution in [3.63, 3.8) is 0 Å². The van der Waals surface area contributed by atoms with Gasteiger partial charge in [0.2, 0.25) is 11.8 Å². The van der Waals surface area contributed by atoms with Crippen molar-refractivity contribution in [2.75, 3.05) is 0 Å². The molecule has 0 aliphatic heterocycles. The highest BCUT2D eigenvalue weighted by molar-refractivity contribution is 5.90. The van der Waals surface area contributed by atoms with Crippen molar-refractivity contribution in [2.45, 2.75) is 38.3 Å². The third-order valence-corrected chi connectivity index (χ3v) is 3.31. The molecule has 0 saturated heterocycles. The number of hydrogen-bond donors (Lipinski definition) is 4. The first kappa shape index (κ1) is 20.1. The fourth-order valence-electron chi connectivity index (χ4n) is 2.11. The van der Waals surface area contributed by atoms with Crippen LogP contribution in [0.3, 0.4) is 0 Å². The van der Waals surface area contributed by atoms with Crippen molar-refractivity contribution >= 4 is 23.8 Å². The average Bonchev–Trinajstić information content (AvgIpc) is 2.51. The summed E-state index contributed by atoms with van der Waals surface area (Å²) in [6.45, 7) is 1.20. The lowest BCUT2D eigenvalue weighted by molar-refractivity contribution is -0.143. The maximum Gasteiger partial charge on any atom is 0.326 e.